The molecule has 0 fully saturated rings. The number of nitrogens with one attached hydrogen (secondary N) is 1. The first-order valence-electron chi connectivity index (χ1n) is 7.55. The number of hydrogen-bond acceptors (Lipinski definition) is 4. The Balaban J connectivity index is 2.18. The van der Waals surface area contributed by atoms with Crippen molar-refractivity contribution < 1.29 is 19.2 Å². The number of carbonyl (C=O) groups excluding carboxylic acids is 2. The van der Waals surface area contributed by atoms with Crippen molar-refractivity contribution in [1.29, 1.82) is 0 Å². The van der Waals surface area contributed by atoms with Crippen LogP contribution in [0.15, 0.2) is 30.5 Å². The molecule has 0 unspecified atom stereocenters. The van der Waals surface area contributed by atoms with E-state index in [4.69, 9.17) is 4.84 Å². The van der Waals surface area contributed by atoms with Gasteiger partial charge >= 0.3 is 5.97 Å². The molecule has 23 heavy (non-hydrogen) atoms. The maximum absolute atomic E-state index is 12.3. The molecule has 0 bridgehead atoms. The topological polar surface area (TPSA) is 69.6 Å². The van der Waals surface area contributed by atoms with Gasteiger partial charge in [0.05, 0.1) is 12.7 Å². The molecule has 0 saturated heterocycles. The van der Waals surface area contributed by atoms with E-state index in [0.717, 1.165) is 17.4 Å². The van der Waals surface area contributed by atoms with Gasteiger partial charge in [0.1, 0.15) is 0 Å². The minimum absolute atomic E-state index is 0.395. The van der Waals surface area contributed by atoms with Gasteiger partial charge < -0.3 is 9.30 Å². The summed E-state index contributed by atoms with van der Waals surface area (Å²) in [5.41, 5.74) is 3.80. The van der Waals surface area contributed by atoms with E-state index >= 15 is 0 Å². The number of ether oxygens (including phenoxy) is 1. The van der Waals surface area contributed by atoms with Gasteiger partial charge in [0, 0.05) is 23.6 Å². The van der Waals surface area contributed by atoms with E-state index in [-0.39, 0.29) is 0 Å². The number of benzene rings is 1. The van der Waals surface area contributed by atoms with E-state index < -0.39 is 18.0 Å². The number of aromatic nitrogens is 1. The largest absolute Gasteiger partial charge is 0.467 e. The fourth-order valence-corrected chi connectivity index (χ4v) is 2.39. The van der Waals surface area contributed by atoms with Crippen molar-refractivity contribution in [3.05, 3.63) is 36.0 Å². The van der Waals surface area contributed by atoms with Gasteiger partial charge in [-0.1, -0.05) is 19.9 Å². The molecule has 0 aliphatic heterocycles. The number of rotatable bonds is 6. The number of carbonyl (C=O) groups is 2. The molecule has 6 nitrogen and oxygen atoms in total. The molecule has 0 saturated carbocycles. The fraction of sp³-hybridized carbons (Fsp3) is 0.412. The Labute approximate surface area is 135 Å². The van der Waals surface area contributed by atoms with Crippen molar-refractivity contribution >= 4 is 22.8 Å². The summed E-state index contributed by atoms with van der Waals surface area (Å²) in [5, 5.41) is 0.847. The molecule has 0 aliphatic rings. The highest BCUT2D eigenvalue weighted by Gasteiger charge is 2.17. The lowest BCUT2D eigenvalue weighted by Crippen LogP contribution is -2.33. The Morgan fingerprint density at radius 2 is 1.96 bits per heavy atom. The Bertz CT molecular complexity index is 706. The smallest absolute Gasteiger partial charge is 0.337 e. The van der Waals surface area contributed by atoms with Crippen molar-refractivity contribution in [2.45, 2.75) is 33.4 Å². The maximum Gasteiger partial charge on any atom is 0.337 e. The summed E-state index contributed by atoms with van der Waals surface area (Å²) in [6.45, 7) is 6.67. The van der Waals surface area contributed by atoms with Crippen molar-refractivity contribution in [2.24, 2.45) is 5.92 Å². The Morgan fingerprint density at radius 1 is 1.22 bits per heavy atom. The van der Waals surface area contributed by atoms with Gasteiger partial charge in [-0.05, 0) is 31.0 Å². The second kappa shape index (κ2) is 7.28. The molecule has 1 N–H and O–H groups in total. The van der Waals surface area contributed by atoms with Crippen LogP contribution < -0.4 is 5.48 Å². The van der Waals surface area contributed by atoms with Crippen LogP contribution in [0.25, 0.3) is 10.9 Å². The monoisotopic (exact) mass is 318 g/mol. The zero-order valence-corrected chi connectivity index (χ0v) is 13.8. The lowest BCUT2D eigenvalue weighted by Gasteiger charge is -2.12. The molecule has 0 aliphatic carbocycles. The summed E-state index contributed by atoms with van der Waals surface area (Å²) < 4.78 is 6.66. The van der Waals surface area contributed by atoms with E-state index in [1.165, 1.54) is 14.0 Å². The number of fused-ring (bicyclic) bond motifs is 1. The predicted molar refractivity (Wildman–Crippen MR) is 86.8 cm³/mol. The van der Waals surface area contributed by atoms with Crippen LogP contribution in [0.3, 0.4) is 0 Å². The van der Waals surface area contributed by atoms with Crippen LogP contribution in [0.5, 0.6) is 0 Å². The molecule has 2 aromatic rings. The summed E-state index contributed by atoms with van der Waals surface area (Å²) in [4.78, 5) is 28.6. The number of hydroxylamine groups is 1. The number of nitrogens with zero attached hydrogens (tertiary/aromatic N) is 1. The number of hydrogen-bond donors (Lipinski definition) is 1. The molecule has 2 rings (SSSR count). The molecule has 1 heterocycles. The van der Waals surface area contributed by atoms with E-state index in [1.807, 2.05) is 24.4 Å². The van der Waals surface area contributed by atoms with Crippen LogP contribution in [0, 0.1) is 5.92 Å². The minimum atomic E-state index is -0.867. The number of esters is 1. The first-order chi connectivity index (χ1) is 10.9. The summed E-state index contributed by atoms with van der Waals surface area (Å²) in [6, 6.07) is 7.45. The van der Waals surface area contributed by atoms with Crippen molar-refractivity contribution in [3.8, 4) is 0 Å². The summed E-state index contributed by atoms with van der Waals surface area (Å²) in [6.07, 6.45) is 1.10. The third kappa shape index (κ3) is 3.90. The van der Waals surface area contributed by atoms with Crippen LogP contribution in [-0.2, 0) is 20.9 Å². The predicted octanol–water partition coefficient (Wildman–Crippen LogP) is 2.52. The Kier molecular flexibility index (Phi) is 5.39. The minimum Gasteiger partial charge on any atom is -0.467 e. The molecule has 1 atom stereocenters. The molecule has 0 spiro atoms. The van der Waals surface area contributed by atoms with Crippen LogP contribution in [0.4, 0.5) is 0 Å². The summed E-state index contributed by atoms with van der Waals surface area (Å²) >= 11 is 0. The van der Waals surface area contributed by atoms with Crippen LogP contribution in [0.2, 0.25) is 0 Å². The standard InChI is InChI=1S/C17H22N2O4/c1-11(2)10-19-9-8-13-14(6-5-7-15(13)19)16(20)18-23-12(3)17(21)22-4/h5-9,11-12H,10H2,1-4H3,(H,18,20)/t12-/m1/s1. The Hall–Kier alpha value is -2.34. The molecule has 1 amide bonds. The number of methoxy groups -OCH3 is 1. The second-order valence-corrected chi connectivity index (χ2v) is 5.81. The van der Waals surface area contributed by atoms with Gasteiger partial charge in [0.25, 0.3) is 5.91 Å². The van der Waals surface area contributed by atoms with Gasteiger partial charge in [0.15, 0.2) is 6.10 Å². The van der Waals surface area contributed by atoms with E-state index in [9.17, 15) is 9.59 Å². The highest BCUT2D eigenvalue weighted by Crippen LogP contribution is 2.21. The Morgan fingerprint density at radius 3 is 2.61 bits per heavy atom. The molecule has 124 valence electrons. The SMILES string of the molecule is COC(=O)[C@@H](C)ONC(=O)c1cccc2c1ccn2CC(C)C. The molecular formula is C17H22N2O4. The maximum atomic E-state index is 12.3. The van der Waals surface area contributed by atoms with E-state index in [1.54, 1.807) is 6.07 Å². The van der Waals surface area contributed by atoms with Crippen molar-refractivity contribution in [3.63, 3.8) is 0 Å². The fourth-order valence-electron chi connectivity index (χ4n) is 2.39. The van der Waals surface area contributed by atoms with Crippen LogP contribution in [-0.4, -0.2) is 29.7 Å². The normalized spacial score (nSPS) is 12.4. The average Bonchev–Trinajstić information content (AvgIpc) is 2.93. The van der Waals surface area contributed by atoms with Gasteiger partial charge in [-0.15, -0.1) is 0 Å². The first-order valence-corrected chi connectivity index (χ1v) is 7.55. The van der Waals surface area contributed by atoms with Gasteiger partial charge in [-0.25, -0.2) is 10.3 Å². The number of amides is 1. The highest BCUT2D eigenvalue weighted by molar-refractivity contribution is 6.06. The van der Waals surface area contributed by atoms with Crippen molar-refractivity contribution in [1.82, 2.24) is 10.0 Å². The third-order valence-corrected chi connectivity index (χ3v) is 3.48. The van der Waals surface area contributed by atoms with Crippen molar-refractivity contribution in [2.75, 3.05) is 7.11 Å². The zero-order chi connectivity index (χ0) is 17.0. The quantitative estimate of drug-likeness (QED) is 0.656. The molecule has 6 heteroatoms. The van der Waals surface area contributed by atoms with Crippen LogP contribution >= 0.6 is 0 Å². The summed E-state index contributed by atoms with van der Waals surface area (Å²) in [5.74, 6) is -0.437. The zero-order valence-electron chi connectivity index (χ0n) is 13.8. The van der Waals surface area contributed by atoms with E-state index in [0.29, 0.717) is 11.5 Å². The molecule has 1 aromatic heterocycles. The lowest BCUT2D eigenvalue weighted by molar-refractivity contribution is -0.156. The van der Waals surface area contributed by atoms with Gasteiger partial charge in [-0.2, -0.15) is 0 Å². The van der Waals surface area contributed by atoms with Crippen LogP contribution in [0.1, 0.15) is 31.1 Å². The second-order valence-electron chi connectivity index (χ2n) is 5.81. The van der Waals surface area contributed by atoms with Gasteiger partial charge in [0.2, 0.25) is 0 Å². The highest BCUT2D eigenvalue weighted by atomic mass is 16.7. The molecule has 1 aromatic carbocycles. The third-order valence-electron chi connectivity index (χ3n) is 3.48. The summed E-state index contributed by atoms with van der Waals surface area (Å²) in [7, 11) is 1.27. The lowest BCUT2D eigenvalue weighted by atomic mass is 10.1. The average molecular weight is 318 g/mol. The van der Waals surface area contributed by atoms with Gasteiger partial charge in [-0.3, -0.25) is 9.63 Å². The molecular weight excluding hydrogens is 296 g/mol. The van der Waals surface area contributed by atoms with E-state index in [2.05, 4.69) is 28.6 Å². The molecule has 0 radical (unpaired) electrons. The first kappa shape index (κ1) is 17.0.